The van der Waals surface area contributed by atoms with Crippen LogP contribution in [0.2, 0.25) is 0 Å². The van der Waals surface area contributed by atoms with Gasteiger partial charge in [0.15, 0.2) is 0 Å². The number of hydrogen-bond acceptors (Lipinski definition) is 4. The Morgan fingerprint density at radius 1 is 1.10 bits per heavy atom. The number of urea groups is 1. The summed E-state index contributed by atoms with van der Waals surface area (Å²) in [5.41, 5.74) is 7.55. The van der Waals surface area contributed by atoms with Crippen molar-refractivity contribution in [3.05, 3.63) is 48.2 Å². The Bertz CT molecular complexity index is 1090. The first-order chi connectivity index (χ1) is 14.2. The van der Waals surface area contributed by atoms with Crippen molar-refractivity contribution in [3.8, 4) is 0 Å². The summed E-state index contributed by atoms with van der Waals surface area (Å²) in [5.74, 6) is 0.192. The van der Waals surface area contributed by atoms with Crippen LogP contribution in [-0.4, -0.2) is 35.2 Å². The molecule has 1 fully saturated rings. The molecule has 3 heterocycles. The molecule has 0 aliphatic carbocycles. The second-order valence-electron chi connectivity index (χ2n) is 7.42. The van der Waals surface area contributed by atoms with Crippen LogP contribution in [0.3, 0.4) is 0 Å². The van der Waals surface area contributed by atoms with E-state index in [2.05, 4.69) is 27.0 Å². The van der Waals surface area contributed by atoms with E-state index in [1.54, 1.807) is 6.20 Å². The van der Waals surface area contributed by atoms with E-state index < -0.39 is 0 Å². The lowest BCUT2D eigenvalue weighted by atomic mass is 10.1. The monoisotopic (exact) mass is 390 g/mol. The number of nitrogens with one attached hydrogen (secondary N) is 3. The van der Waals surface area contributed by atoms with Gasteiger partial charge in [0.2, 0.25) is 5.91 Å². The first kappa shape index (κ1) is 17.5. The van der Waals surface area contributed by atoms with E-state index in [0.29, 0.717) is 18.7 Å². The number of rotatable bonds is 3. The first-order valence-electron chi connectivity index (χ1n) is 9.89. The van der Waals surface area contributed by atoms with Gasteiger partial charge in [-0.25, -0.2) is 10.2 Å². The maximum Gasteiger partial charge on any atom is 0.338 e. The van der Waals surface area contributed by atoms with E-state index >= 15 is 0 Å². The number of H-pyrrole nitrogens is 1. The van der Waals surface area contributed by atoms with Crippen LogP contribution in [-0.2, 0) is 11.2 Å². The predicted molar refractivity (Wildman–Crippen MR) is 112 cm³/mol. The van der Waals surface area contributed by atoms with Gasteiger partial charge < -0.3 is 10.2 Å². The normalized spacial score (nSPS) is 16.2. The number of nitrogens with zero attached hydrogens (tertiary/aromatic N) is 3. The lowest BCUT2D eigenvalue weighted by molar-refractivity contribution is -0.119. The van der Waals surface area contributed by atoms with Gasteiger partial charge in [0.05, 0.1) is 23.1 Å². The Balaban J connectivity index is 1.30. The molecule has 1 saturated heterocycles. The third-order valence-corrected chi connectivity index (χ3v) is 5.56. The smallest absolute Gasteiger partial charge is 0.312 e. The molecular weight excluding hydrogens is 368 g/mol. The van der Waals surface area contributed by atoms with Gasteiger partial charge in [0.1, 0.15) is 0 Å². The quantitative estimate of drug-likeness (QED) is 0.640. The van der Waals surface area contributed by atoms with Crippen LogP contribution in [0.15, 0.2) is 42.6 Å². The molecule has 29 heavy (non-hydrogen) atoms. The highest BCUT2D eigenvalue weighted by Gasteiger charge is 2.25. The molecule has 1 aromatic heterocycles. The third-order valence-electron chi connectivity index (χ3n) is 5.56. The van der Waals surface area contributed by atoms with Crippen molar-refractivity contribution >= 4 is 39.9 Å². The number of carbonyl (C=O) groups excluding carboxylic acids is 2. The number of benzene rings is 2. The second-order valence-corrected chi connectivity index (χ2v) is 7.42. The summed E-state index contributed by atoms with van der Waals surface area (Å²) in [7, 11) is 0. The van der Waals surface area contributed by atoms with Gasteiger partial charge in [0.25, 0.3) is 0 Å². The molecule has 0 radical (unpaired) electrons. The van der Waals surface area contributed by atoms with Crippen LogP contribution in [0, 0.1) is 0 Å². The van der Waals surface area contributed by atoms with Crippen LogP contribution < -0.4 is 20.7 Å². The number of aromatic amines is 1. The van der Waals surface area contributed by atoms with Crippen molar-refractivity contribution in [2.45, 2.75) is 25.7 Å². The minimum absolute atomic E-state index is 0.192. The van der Waals surface area contributed by atoms with E-state index in [4.69, 9.17) is 0 Å². The molecule has 2 aliphatic heterocycles. The van der Waals surface area contributed by atoms with Gasteiger partial charge in [-0.3, -0.25) is 14.9 Å². The lowest BCUT2D eigenvalue weighted by Crippen LogP contribution is -2.43. The minimum Gasteiger partial charge on any atom is -0.312 e. The van der Waals surface area contributed by atoms with Crippen LogP contribution in [0.4, 0.5) is 21.9 Å². The lowest BCUT2D eigenvalue weighted by Gasteiger charge is -2.27. The van der Waals surface area contributed by atoms with Gasteiger partial charge in [-0.15, -0.1) is 0 Å². The average Bonchev–Trinajstić information content (AvgIpc) is 3.36. The fourth-order valence-electron chi connectivity index (χ4n) is 4.10. The standard InChI is InChI=1S/C21H22N6O2/c28-20-6-1-2-10-26(20)15-7-8-19-14(12-15)9-11-27(19)25-21(29)23-17-4-3-5-18-16(17)13-22-24-18/h3-5,7-8,12-13H,1-2,6,9-11H2,(H,22,24)(H2,23,25,29). The van der Waals surface area contributed by atoms with Crippen LogP contribution >= 0.6 is 0 Å². The number of hydrogen-bond donors (Lipinski definition) is 3. The maximum atomic E-state index is 12.6. The van der Waals surface area contributed by atoms with Crippen LogP contribution in [0.5, 0.6) is 0 Å². The fraction of sp³-hybridized carbons (Fsp3) is 0.286. The topological polar surface area (TPSA) is 93.4 Å². The Morgan fingerprint density at radius 3 is 2.93 bits per heavy atom. The first-order valence-corrected chi connectivity index (χ1v) is 9.89. The van der Waals surface area contributed by atoms with Crippen molar-refractivity contribution in [2.24, 2.45) is 0 Å². The van der Waals surface area contributed by atoms with Crippen molar-refractivity contribution in [1.82, 2.24) is 15.6 Å². The van der Waals surface area contributed by atoms with Crippen molar-refractivity contribution in [1.29, 1.82) is 0 Å². The molecule has 0 unspecified atom stereocenters. The highest BCUT2D eigenvalue weighted by atomic mass is 16.2. The maximum absolute atomic E-state index is 12.6. The summed E-state index contributed by atoms with van der Waals surface area (Å²) in [6, 6.07) is 11.3. The molecule has 3 amide bonds. The predicted octanol–water partition coefficient (Wildman–Crippen LogP) is 3.18. The number of hydrazine groups is 1. The molecular formula is C21H22N6O2. The molecule has 0 saturated carbocycles. The summed E-state index contributed by atoms with van der Waals surface area (Å²) in [4.78, 5) is 26.6. The molecule has 5 rings (SSSR count). The summed E-state index contributed by atoms with van der Waals surface area (Å²) < 4.78 is 0. The zero-order valence-electron chi connectivity index (χ0n) is 15.9. The number of fused-ring (bicyclic) bond motifs is 2. The van der Waals surface area contributed by atoms with Crippen LogP contribution in [0.1, 0.15) is 24.8 Å². The van der Waals surface area contributed by atoms with Crippen LogP contribution in [0.25, 0.3) is 10.9 Å². The van der Waals surface area contributed by atoms with E-state index in [-0.39, 0.29) is 11.9 Å². The second kappa shape index (κ2) is 7.12. The minimum atomic E-state index is -0.304. The number of anilines is 3. The van der Waals surface area contributed by atoms with Gasteiger partial charge >= 0.3 is 6.03 Å². The zero-order chi connectivity index (χ0) is 19.8. The Labute approximate surface area is 167 Å². The summed E-state index contributed by atoms with van der Waals surface area (Å²) in [6.45, 7) is 1.47. The average molecular weight is 390 g/mol. The molecule has 0 spiro atoms. The Kier molecular flexibility index (Phi) is 4.31. The van der Waals surface area contributed by atoms with E-state index in [9.17, 15) is 9.59 Å². The molecule has 148 valence electrons. The molecule has 3 N–H and O–H groups in total. The van der Waals surface area contributed by atoms with Crippen molar-refractivity contribution < 1.29 is 9.59 Å². The summed E-state index contributed by atoms with van der Waals surface area (Å²) >= 11 is 0. The molecule has 0 bridgehead atoms. The van der Waals surface area contributed by atoms with Gasteiger partial charge in [-0.1, -0.05) is 6.07 Å². The van der Waals surface area contributed by atoms with Gasteiger partial charge in [-0.05, 0) is 55.2 Å². The molecule has 0 atom stereocenters. The van der Waals surface area contributed by atoms with Crippen molar-refractivity contribution in [2.75, 3.05) is 28.3 Å². The molecule has 8 heteroatoms. The van der Waals surface area contributed by atoms with E-state index in [1.807, 2.05) is 40.2 Å². The molecule has 2 aliphatic rings. The summed E-state index contributed by atoms with van der Waals surface area (Å²) in [6.07, 6.45) is 5.15. The SMILES string of the molecule is O=C(Nc1cccc2[nH]ncc12)NN1CCc2cc(N3CCCCC3=O)ccc21. The van der Waals surface area contributed by atoms with Crippen molar-refractivity contribution in [3.63, 3.8) is 0 Å². The van der Waals surface area contributed by atoms with Gasteiger partial charge in [-0.2, -0.15) is 5.10 Å². The highest BCUT2D eigenvalue weighted by molar-refractivity contribution is 6.00. The largest absolute Gasteiger partial charge is 0.338 e. The van der Waals surface area contributed by atoms with E-state index in [1.165, 1.54) is 0 Å². The van der Waals surface area contributed by atoms with E-state index in [0.717, 1.165) is 53.6 Å². The highest BCUT2D eigenvalue weighted by Crippen LogP contribution is 2.32. The third kappa shape index (κ3) is 3.26. The molecule has 2 aromatic carbocycles. The Morgan fingerprint density at radius 2 is 2.03 bits per heavy atom. The number of aromatic nitrogens is 2. The molecule has 8 nitrogen and oxygen atoms in total. The number of amides is 3. The summed E-state index contributed by atoms with van der Waals surface area (Å²) in [5, 5.41) is 12.5. The van der Waals surface area contributed by atoms with Gasteiger partial charge in [0, 0.05) is 30.6 Å². The number of carbonyl (C=O) groups is 2. The molecule has 3 aromatic rings. The Hall–Kier alpha value is -3.55. The number of piperidine rings is 1. The fourth-order valence-corrected chi connectivity index (χ4v) is 4.10. The zero-order valence-corrected chi connectivity index (χ0v) is 15.9.